The molecule has 0 bridgehead atoms. The van der Waals surface area contributed by atoms with Crippen molar-refractivity contribution in [2.45, 2.75) is 38.5 Å². The van der Waals surface area contributed by atoms with Crippen LogP contribution in [0, 0.1) is 11.8 Å². The zero-order chi connectivity index (χ0) is 23.7. The number of pyridine rings is 1. The highest BCUT2D eigenvalue weighted by atomic mass is 35.5. The quantitative estimate of drug-likeness (QED) is 0.568. The Morgan fingerprint density at radius 2 is 1.88 bits per heavy atom. The third-order valence-corrected chi connectivity index (χ3v) is 6.65. The maximum Gasteiger partial charge on any atom is 0.268 e. The van der Waals surface area contributed by atoms with Crippen LogP contribution in [0.5, 0.6) is 0 Å². The minimum Gasteiger partial charge on any atom is -0.364 e. The third-order valence-electron chi connectivity index (χ3n) is 6.38. The molecule has 1 aliphatic rings. The van der Waals surface area contributed by atoms with Gasteiger partial charge < -0.3 is 11.1 Å². The highest BCUT2D eigenvalue weighted by Gasteiger charge is 2.37. The van der Waals surface area contributed by atoms with Crippen LogP contribution in [0.25, 0.3) is 11.3 Å². The van der Waals surface area contributed by atoms with Crippen LogP contribution in [0.2, 0.25) is 5.02 Å². The molecule has 10 nitrogen and oxygen atoms in total. The van der Waals surface area contributed by atoms with Crippen molar-refractivity contribution in [3.05, 3.63) is 40.9 Å². The smallest absolute Gasteiger partial charge is 0.268 e. The number of carbonyl (C=O) groups excluding carboxylic acids is 2. The lowest BCUT2D eigenvalue weighted by Crippen LogP contribution is -2.32. The Morgan fingerprint density at radius 1 is 1.15 bits per heavy atom. The zero-order valence-corrected chi connectivity index (χ0v) is 19.6. The van der Waals surface area contributed by atoms with Gasteiger partial charge in [-0.05, 0) is 36.8 Å². The number of nitrogens with one attached hydrogen (secondary N) is 1. The van der Waals surface area contributed by atoms with Crippen LogP contribution in [0.4, 0.5) is 5.82 Å². The van der Waals surface area contributed by atoms with Gasteiger partial charge in [0, 0.05) is 25.9 Å². The number of nitrogens with two attached hydrogens (primary N) is 1. The Kier molecular flexibility index (Phi) is 6.46. The van der Waals surface area contributed by atoms with E-state index in [-0.39, 0.29) is 17.5 Å². The van der Waals surface area contributed by atoms with E-state index in [4.69, 9.17) is 17.3 Å². The SMILES string of the molecule is CC1CCC(C(C(=O)Nc2ccc(-c3c(Cl)cnn3C)cn2)c2nnn(C)c2C(N)=O)CC1. The van der Waals surface area contributed by atoms with Gasteiger partial charge in [0.15, 0.2) is 0 Å². The lowest BCUT2D eigenvalue weighted by atomic mass is 9.74. The van der Waals surface area contributed by atoms with Gasteiger partial charge in [-0.2, -0.15) is 5.10 Å². The minimum atomic E-state index is -0.657. The fraction of sp³-hybridized carbons (Fsp3) is 0.455. The molecule has 0 spiro atoms. The molecule has 1 fully saturated rings. The molecule has 4 rings (SSSR count). The number of aryl methyl sites for hydroxylation is 2. The van der Waals surface area contributed by atoms with Crippen molar-refractivity contribution in [2.75, 3.05) is 5.32 Å². The zero-order valence-electron chi connectivity index (χ0n) is 18.8. The lowest BCUT2D eigenvalue weighted by molar-refractivity contribution is -0.119. The van der Waals surface area contributed by atoms with Crippen LogP contribution in [-0.2, 0) is 18.9 Å². The largest absolute Gasteiger partial charge is 0.364 e. The normalized spacial score (nSPS) is 19.3. The molecule has 3 aromatic heterocycles. The van der Waals surface area contributed by atoms with Crippen LogP contribution in [-0.4, -0.2) is 41.6 Å². The van der Waals surface area contributed by atoms with E-state index in [9.17, 15) is 9.59 Å². The maximum atomic E-state index is 13.5. The first-order valence-corrected chi connectivity index (χ1v) is 11.3. The predicted octanol–water partition coefficient (Wildman–Crippen LogP) is 2.91. The first-order valence-electron chi connectivity index (χ1n) is 10.9. The van der Waals surface area contributed by atoms with Gasteiger partial charge in [-0.15, -0.1) is 5.10 Å². The number of primary amides is 1. The van der Waals surface area contributed by atoms with Gasteiger partial charge in [0.25, 0.3) is 5.91 Å². The first kappa shape index (κ1) is 22.9. The number of aromatic nitrogens is 6. The number of hydrogen-bond acceptors (Lipinski definition) is 6. The summed E-state index contributed by atoms with van der Waals surface area (Å²) in [6, 6.07) is 3.53. The average Bonchev–Trinajstić information content (AvgIpc) is 3.32. The van der Waals surface area contributed by atoms with Crippen molar-refractivity contribution < 1.29 is 9.59 Å². The Morgan fingerprint density at radius 3 is 2.45 bits per heavy atom. The Balaban J connectivity index is 1.61. The van der Waals surface area contributed by atoms with Crippen LogP contribution in [0.3, 0.4) is 0 Å². The maximum absolute atomic E-state index is 13.5. The molecular formula is C22H27ClN8O2. The van der Waals surface area contributed by atoms with E-state index in [1.807, 2.05) is 6.07 Å². The fourth-order valence-electron chi connectivity index (χ4n) is 4.60. The molecule has 1 unspecified atom stereocenters. The van der Waals surface area contributed by atoms with E-state index in [0.29, 0.717) is 22.5 Å². The second kappa shape index (κ2) is 9.30. The number of anilines is 1. The Bertz CT molecular complexity index is 1140. The molecule has 1 saturated carbocycles. The summed E-state index contributed by atoms with van der Waals surface area (Å²) in [5, 5.41) is 15.7. The molecule has 2 amide bonds. The molecule has 174 valence electrons. The molecule has 33 heavy (non-hydrogen) atoms. The van der Waals surface area contributed by atoms with Crippen LogP contribution < -0.4 is 11.1 Å². The molecule has 0 radical (unpaired) electrons. The van der Waals surface area contributed by atoms with Gasteiger partial charge in [-0.25, -0.2) is 9.67 Å². The van der Waals surface area contributed by atoms with Crippen molar-refractivity contribution in [3.8, 4) is 11.3 Å². The second-order valence-corrected chi connectivity index (χ2v) is 9.10. The number of halogens is 1. The van der Waals surface area contributed by atoms with Crippen molar-refractivity contribution in [3.63, 3.8) is 0 Å². The minimum absolute atomic E-state index is 0.0310. The highest BCUT2D eigenvalue weighted by molar-refractivity contribution is 6.33. The summed E-state index contributed by atoms with van der Waals surface area (Å²) in [5.74, 6) is -0.562. The first-order chi connectivity index (χ1) is 15.8. The van der Waals surface area contributed by atoms with E-state index in [1.165, 1.54) is 4.68 Å². The third kappa shape index (κ3) is 4.61. The number of carbonyl (C=O) groups is 2. The van der Waals surface area contributed by atoms with Crippen LogP contribution in [0.1, 0.15) is 54.7 Å². The molecular weight excluding hydrogens is 444 g/mol. The van der Waals surface area contributed by atoms with Gasteiger partial charge >= 0.3 is 0 Å². The monoisotopic (exact) mass is 470 g/mol. The van der Waals surface area contributed by atoms with Crippen LogP contribution in [0.15, 0.2) is 24.5 Å². The number of rotatable bonds is 6. The molecule has 3 aromatic rings. The van der Waals surface area contributed by atoms with E-state index >= 15 is 0 Å². The summed E-state index contributed by atoms with van der Waals surface area (Å²) in [6.07, 6.45) is 6.95. The van der Waals surface area contributed by atoms with Crippen molar-refractivity contribution in [1.82, 2.24) is 29.8 Å². The molecule has 1 atom stereocenters. The standard InChI is InChI=1S/C22H27ClN8O2/c1-12-4-6-13(7-5-12)17(18-20(21(24)32)31(3)29-28-18)22(33)27-16-9-8-14(10-25-16)19-15(23)11-26-30(19)2/h8-13,17H,4-7H2,1-3H3,(H2,24,32)(H,25,27,33). The molecule has 1 aliphatic carbocycles. The van der Waals surface area contributed by atoms with Gasteiger partial charge in [0.2, 0.25) is 5.91 Å². The summed E-state index contributed by atoms with van der Waals surface area (Å²) in [5.41, 5.74) is 7.58. The number of nitrogens with zero attached hydrogens (tertiary/aromatic N) is 6. The summed E-state index contributed by atoms with van der Waals surface area (Å²) >= 11 is 6.22. The molecule has 0 saturated heterocycles. The second-order valence-electron chi connectivity index (χ2n) is 8.69. The van der Waals surface area contributed by atoms with Gasteiger partial charge in [-0.1, -0.05) is 36.6 Å². The topological polar surface area (TPSA) is 134 Å². The van der Waals surface area contributed by atoms with Crippen molar-refractivity contribution >= 4 is 29.2 Å². The summed E-state index contributed by atoms with van der Waals surface area (Å²) < 4.78 is 2.99. The molecule has 11 heteroatoms. The number of hydrogen-bond donors (Lipinski definition) is 2. The van der Waals surface area contributed by atoms with E-state index < -0.39 is 11.8 Å². The van der Waals surface area contributed by atoms with Crippen molar-refractivity contribution in [1.29, 1.82) is 0 Å². The highest BCUT2D eigenvalue weighted by Crippen LogP contribution is 2.39. The van der Waals surface area contributed by atoms with Gasteiger partial charge in [0.1, 0.15) is 17.2 Å². The predicted molar refractivity (Wildman–Crippen MR) is 123 cm³/mol. The van der Waals surface area contributed by atoms with E-state index in [2.05, 4.69) is 32.6 Å². The van der Waals surface area contributed by atoms with Gasteiger partial charge in [0.05, 0.1) is 22.8 Å². The number of amides is 2. The summed E-state index contributed by atoms with van der Waals surface area (Å²) in [4.78, 5) is 30.0. The average molecular weight is 471 g/mol. The molecule has 3 heterocycles. The summed E-state index contributed by atoms with van der Waals surface area (Å²) in [6.45, 7) is 2.21. The Hall–Kier alpha value is -3.27. The molecule has 3 N–H and O–H groups in total. The molecule has 0 aliphatic heterocycles. The Labute approximate surface area is 196 Å². The lowest BCUT2D eigenvalue weighted by Gasteiger charge is -2.31. The molecule has 0 aromatic carbocycles. The van der Waals surface area contributed by atoms with Crippen LogP contribution >= 0.6 is 11.6 Å². The van der Waals surface area contributed by atoms with Crippen molar-refractivity contribution in [2.24, 2.45) is 31.7 Å². The fourth-order valence-corrected chi connectivity index (χ4v) is 4.87. The summed E-state index contributed by atoms with van der Waals surface area (Å²) in [7, 11) is 3.39. The van der Waals surface area contributed by atoms with E-state index in [0.717, 1.165) is 36.9 Å². The van der Waals surface area contributed by atoms with E-state index in [1.54, 1.807) is 37.2 Å². The van der Waals surface area contributed by atoms with Gasteiger partial charge in [-0.3, -0.25) is 14.3 Å².